The smallest absolute Gasteiger partial charge is 0.338 e. The van der Waals surface area contributed by atoms with Crippen LogP contribution in [-0.4, -0.2) is 35.1 Å². The molecule has 1 aliphatic rings. The van der Waals surface area contributed by atoms with Crippen LogP contribution in [0.5, 0.6) is 0 Å². The predicted octanol–water partition coefficient (Wildman–Crippen LogP) is 2.46. The summed E-state index contributed by atoms with van der Waals surface area (Å²) in [7, 11) is 0. The molecule has 1 aromatic rings. The average Bonchev–Trinajstić information content (AvgIpc) is 2.78. The van der Waals surface area contributed by atoms with Crippen molar-refractivity contribution in [2.24, 2.45) is 0 Å². The van der Waals surface area contributed by atoms with E-state index in [1.165, 1.54) is 17.4 Å². The third kappa shape index (κ3) is 2.76. The van der Waals surface area contributed by atoms with Crippen LogP contribution < -0.4 is 5.32 Å². The summed E-state index contributed by atoms with van der Waals surface area (Å²) in [5.74, 6) is -1.01. The van der Waals surface area contributed by atoms with Gasteiger partial charge in [-0.3, -0.25) is 5.32 Å². The van der Waals surface area contributed by atoms with Crippen LogP contribution in [0.15, 0.2) is 11.4 Å². The molecule has 1 aromatic heterocycles. The van der Waals surface area contributed by atoms with Gasteiger partial charge >= 0.3 is 12.0 Å². The van der Waals surface area contributed by atoms with Crippen molar-refractivity contribution in [1.82, 2.24) is 4.90 Å². The SMILES string of the molecule is O=C(O)c1ccsc1NC(=O)N1CCCCC1. The van der Waals surface area contributed by atoms with Crippen LogP contribution in [0, 0.1) is 0 Å². The summed E-state index contributed by atoms with van der Waals surface area (Å²) in [5.41, 5.74) is 0.153. The van der Waals surface area contributed by atoms with Gasteiger partial charge in [0.2, 0.25) is 0 Å². The van der Waals surface area contributed by atoms with Gasteiger partial charge in [0, 0.05) is 13.1 Å². The van der Waals surface area contributed by atoms with E-state index in [1.807, 2.05) is 0 Å². The van der Waals surface area contributed by atoms with E-state index in [-0.39, 0.29) is 11.6 Å². The molecule has 0 bridgehead atoms. The zero-order valence-corrected chi connectivity index (χ0v) is 10.1. The van der Waals surface area contributed by atoms with Gasteiger partial charge in [0.15, 0.2) is 0 Å². The van der Waals surface area contributed by atoms with E-state index in [2.05, 4.69) is 5.32 Å². The maximum absolute atomic E-state index is 11.9. The van der Waals surface area contributed by atoms with Crippen molar-refractivity contribution in [2.45, 2.75) is 19.3 Å². The Morgan fingerprint density at radius 2 is 2.00 bits per heavy atom. The summed E-state index contributed by atoms with van der Waals surface area (Å²) in [4.78, 5) is 24.5. The number of carboxylic acid groups (broad SMARTS) is 1. The van der Waals surface area contributed by atoms with E-state index < -0.39 is 5.97 Å². The standard InChI is InChI=1S/C11H14N2O3S/c14-10(15)8-4-7-17-9(8)12-11(16)13-5-2-1-3-6-13/h4,7H,1-3,5-6H2,(H,12,16)(H,14,15). The van der Waals surface area contributed by atoms with E-state index in [0.29, 0.717) is 5.00 Å². The zero-order chi connectivity index (χ0) is 12.3. The van der Waals surface area contributed by atoms with Crippen LogP contribution in [0.1, 0.15) is 29.6 Å². The van der Waals surface area contributed by atoms with Crippen LogP contribution in [0.4, 0.5) is 9.80 Å². The molecule has 2 rings (SSSR count). The third-order valence-electron chi connectivity index (χ3n) is 2.76. The number of hydrogen-bond donors (Lipinski definition) is 2. The Labute approximate surface area is 103 Å². The summed E-state index contributed by atoms with van der Waals surface area (Å²) >= 11 is 1.23. The fourth-order valence-electron chi connectivity index (χ4n) is 1.85. The van der Waals surface area contributed by atoms with Crippen molar-refractivity contribution in [3.63, 3.8) is 0 Å². The van der Waals surface area contributed by atoms with Crippen molar-refractivity contribution in [3.8, 4) is 0 Å². The number of anilines is 1. The van der Waals surface area contributed by atoms with E-state index in [1.54, 1.807) is 10.3 Å². The molecule has 5 nitrogen and oxygen atoms in total. The summed E-state index contributed by atoms with van der Waals surface area (Å²) in [6.45, 7) is 1.50. The van der Waals surface area contributed by atoms with E-state index >= 15 is 0 Å². The highest BCUT2D eigenvalue weighted by Crippen LogP contribution is 2.23. The Morgan fingerprint density at radius 3 is 2.65 bits per heavy atom. The van der Waals surface area contributed by atoms with Gasteiger partial charge in [0.25, 0.3) is 0 Å². The molecule has 0 atom stereocenters. The number of carbonyl (C=O) groups is 2. The first-order valence-corrected chi connectivity index (χ1v) is 6.43. The number of nitrogens with zero attached hydrogens (tertiary/aromatic N) is 1. The molecule has 0 unspecified atom stereocenters. The summed E-state index contributed by atoms with van der Waals surface area (Å²) in [5, 5.41) is 13.7. The molecule has 2 heterocycles. The Bertz CT molecular complexity index is 424. The Morgan fingerprint density at radius 1 is 1.29 bits per heavy atom. The van der Waals surface area contributed by atoms with Gasteiger partial charge in [-0.2, -0.15) is 0 Å². The highest BCUT2D eigenvalue weighted by atomic mass is 32.1. The lowest BCUT2D eigenvalue weighted by molar-refractivity contribution is 0.0698. The molecule has 17 heavy (non-hydrogen) atoms. The maximum Gasteiger partial charge on any atom is 0.338 e. The van der Waals surface area contributed by atoms with Crippen molar-refractivity contribution in [3.05, 3.63) is 17.0 Å². The second-order valence-corrected chi connectivity index (χ2v) is 4.86. The Hall–Kier alpha value is -1.56. The van der Waals surface area contributed by atoms with Crippen molar-refractivity contribution >= 4 is 28.3 Å². The Balaban J connectivity index is 2.02. The number of carbonyl (C=O) groups excluding carboxylic acids is 1. The van der Waals surface area contributed by atoms with Crippen LogP contribution in [0.2, 0.25) is 0 Å². The molecule has 1 saturated heterocycles. The van der Waals surface area contributed by atoms with Gasteiger partial charge in [-0.05, 0) is 30.7 Å². The van der Waals surface area contributed by atoms with Gasteiger partial charge in [0.05, 0.1) is 5.56 Å². The third-order valence-corrected chi connectivity index (χ3v) is 3.59. The number of rotatable bonds is 2. The first kappa shape index (κ1) is 11.9. The first-order valence-electron chi connectivity index (χ1n) is 5.55. The minimum atomic E-state index is -1.01. The number of aromatic carboxylic acids is 1. The molecular weight excluding hydrogens is 240 g/mol. The lowest BCUT2D eigenvalue weighted by Gasteiger charge is -2.26. The van der Waals surface area contributed by atoms with Crippen LogP contribution in [0.25, 0.3) is 0 Å². The van der Waals surface area contributed by atoms with E-state index in [0.717, 1.165) is 32.4 Å². The number of nitrogens with one attached hydrogen (secondary N) is 1. The second kappa shape index (κ2) is 5.18. The monoisotopic (exact) mass is 254 g/mol. The number of hydrogen-bond acceptors (Lipinski definition) is 3. The molecule has 0 aromatic carbocycles. The lowest BCUT2D eigenvalue weighted by atomic mass is 10.1. The van der Waals surface area contributed by atoms with Crippen LogP contribution >= 0.6 is 11.3 Å². The molecule has 2 N–H and O–H groups in total. The molecule has 0 radical (unpaired) electrons. The molecule has 6 heteroatoms. The molecule has 2 amide bonds. The first-order chi connectivity index (χ1) is 8.18. The number of likely N-dealkylation sites (tertiary alicyclic amines) is 1. The molecule has 1 fully saturated rings. The molecule has 1 aliphatic heterocycles. The minimum absolute atomic E-state index is 0.153. The quantitative estimate of drug-likeness (QED) is 0.851. The molecule has 0 aliphatic carbocycles. The molecule has 0 saturated carbocycles. The highest BCUT2D eigenvalue weighted by molar-refractivity contribution is 7.14. The van der Waals surface area contributed by atoms with Gasteiger partial charge < -0.3 is 10.0 Å². The van der Waals surface area contributed by atoms with Gasteiger partial charge in [-0.15, -0.1) is 11.3 Å². The summed E-state index contributed by atoms with van der Waals surface area (Å²) in [6, 6.07) is 1.30. The number of amides is 2. The van der Waals surface area contributed by atoms with E-state index in [9.17, 15) is 9.59 Å². The second-order valence-electron chi connectivity index (χ2n) is 3.95. The topological polar surface area (TPSA) is 69.6 Å². The van der Waals surface area contributed by atoms with Crippen LogP contribution in [-0.2, 0) is 0 Å². The summed E-state index contributed by atoms with van der Waals surface area (Å²) in [6.07, 6.45) is 3.19. The zero-order valence-electron chi connectivity index (χ0n) is 9.31. The normalized spacial score (nSPS) is 15.6. The number of piperidine rings is 1. The number of urea groups is 1. The molecular formula is C11H14N2O3S. The van der Waals surface area contributed by atoms with Crippen LogP contribution in [0.3, 0.4) is 0 Å². The fourth-order valence-corrected chi connectivity index (χ4v) is 2.62. The van der Waals surface area contributed by atoms with Crippen molar-refractivity contribution in [1.29, 1.82) is 0 Å². The number of carboxylic acids is 1. The van der Waals surface area contributed by atoms with Gasteiger partial charge in [-0.25, -0.2) is 9.59 Å². The Kier molecular flexibility index (Phi) is 3.63. The largest absolute Gasteiger partial charge is 0.478 e. The van der Waals surface area contributed by atoms with Crippen molar-refractivity contribution < 1.29 is 14.7 Å². The van der Waals surface area contributed by atoms with Gasteiger partial charge in [-0.1, -0.05) is 0 Å². The highest BCUT2D eigenvalue weighted by Gasteiger charge is 2.19. The fraction of sp³-hybridized carbons (Fsp3) is 0.455. The predicted molar refractivity (Wildman–Crippen MR) is 65.7 cm³/mol. The molecule has 92 valence electrons. The minimum Gasteiger partial charge on any atom is -0.478 e. The van der Waals surface area contributed by atoms with Gasteiger partial charge in [0.1, 0.15) is 5.00 Å². The molecule has 0 spiro atoms. The lowest BCUT2D eigenvalue weighted by Crippen LogP contribution is -2.38. The average molecular weight is 254 g/mol. The maximum atomic E-state index is 11.9. The summed E-state index contributed by atoms with van der Waals surface area (Å²) < 4.78 is 0. The van der Waals surface area contributed by atoms with E-state index in [4.69, 9.17) is 5.11 Å². The van der Waals surface area contributed by atoms with Crippen molar-refractivity contribution in [2.75, 3.05) is 18.4 Å². The number of thiophene rings is 1.